The van der Waals surface area contributed by atoms with Crippen molar-refractivity contribution in [1.82, 2.24) is 4.90 Å². The average Bonchev–Trinajstić information content (AvgIpc) is 2.69. The van der Waals surface area contributed by atoms with Gasteiger partial charge in [0.25, 0.3) is 5.91 Å². The summed E-state index contributed by atoms with van der Waals surface area (Å²) in [5.41, 5.74) is 2.63. The predicted molar refractivity (Wildman–Crippen MR) is 112 cm³/mol. The molecule has 0 N–H and O–H groups in total. The van der Waals surface area contributed by atoms with E-state index in [1.807, 2.05) is 51.1 Å². The Balaban J connectivity index is 1.65. The van der Waals surface area contributed by atoms with Gasteiger partial charge in [-0.3, -0.25) is 4.79 Å². The van der Waals surface area contributed by atoms with Crippen molar-refractivity contribution < 1.29 is 18.7 Å². The maximum Gasteiger partial charge on any atom is 0.336 e. The average molecular weight is 395 g/mol. The van der Waals surface area contributed by atoms with E-state index in [2.05, 4.69) is 0 Å². The van der Waals surface area contributed by atoms with E-state index in [1.165, 1.54) is 6.07 Å². The normalized spacial score (nSPS) is 10.8. The summed E-state index contributed by atoms with van der Waals surface area (Å²) in [7, 11) is 1.73. The van der Waals surface area contributed by atoms with Crippen LogP contribution in [0, 0.1) is 13.8 Å². The van der Waals surface area contributed by atoms with Crippen LogP contribution in [-0.2, 0) is 11.3 Å². The van der Waals surface area contributed by atoms with Crippen molar-refractivity contribution in [2.75, 3.05) is 20.3 Å². The van der Waals surface area contributed by atoms with Crippen LogP contribution < -0.4 is 15.1 Å². The molecule has 0 aliphatic rings. The first-order valence-electron chi connectivity index (χ1n) is 9.51. The van der Waals surface area contributed by atoms with E-state index in [9.17, 15) is 9.59 Å². The lowest BCUT2D eigenvalue weighted by molar-refractivity contribution is -0.132. The van der Waals surface area contributed by atoms with Crippen LogP contribution in [-0.4, -0.2) is 31.1 Å². The number of likely N-dealkylation sites (N-methyl/N-ethyl adjacent to an activating group) is 1. The first-order valence-corrected chi connectivity index (χ1v) is 9.51. The zero-order chi connectivity index (χ0) is 21.0. The molecule has 0 fully saturated rings. The molecule has 0 bridgehead atoms. The van der Waals surface area contributed by atoms with E-state index in [1.54, 1.807) is 18.0 Å². The van der Waals surface area contributed by atoms with Crippen molar-refractivity contribution in [1.29, 1.82) is 0 Å². The number of hydrogen-bond donors (Lipinski definition) is 0. The fourth-order valence-corrected chi connectivity index (χ4v) is 3.13. The molecule has 0 saturated carbocycles. The van der Waals surface area contributed by atoms with Gasteiger partial charge in [-0.05, 0) is 56.2 Å². The van der Waals surface area contributed by atoms with Gasteiger partial charge in [0.1, 0.15) is 17.1 Å². The van der Waals surface area contributed by atoms with Gasteiger partial charge in [0.2, 0.25) is 0 Å². The lowest BCUT2D eigenvalue weighted by atomic mass is 10.1. The van der Waals surface area contributed by atoms with Crippen molar-refractivity contribution in [3.8, 4) is 11.5 Å². The van der Waals surface area contributed by atoms with Crippen molar-refractivity contribution in [3.05, 3.63) is 69.6 Å². The van der Waals surface area contributed by atoms with E-state index < -0.39 is 5.63 Å². The molecule has 0 radical (unpaired) electrons. The van der Waals surface area contributed by atoms with Crippen LogP contribution in [0.1, 0.15) is 23.6 Å². The number of nitrogens with zero attached hydrogens (tertiary/aromatic N) is 1. The number of carbonyl (C=O) groups excluding carboxylic acids is 1. The smallest absolute Gasteiger partial charge is 0.336 e. The third kappa shape index (κ3) is 4.77. The number of aryl methyl sites for hydroxylation is 2. The quantitative estimate of drug-likeness (QED) is 0.569. The lowest BCUT2D eigenvalue weighted by Gasteiger charge is -2.18. The number of amides is 1. The summed E-state index contributed by atoms with van der Waals surface area (Å²) in [4.78, 5) is 25.8. The topological polar surface area (TPSA) is 69.0 Å². The summed E-state index contributed by atoms with van der Waals surface area (Å²) in [6.07, 6.45) is 0. The number of rotatable bonds is 7. The highest BCUT2D eigenvalue weighted by Gasteiger charge is 2.14. The highest BCUT2D eigenvalue weighted by atomic mass is 16.5. The van der Waals surface area contributed by atoms with E-state index in [0.29, 0.717) is 30.0 Å². The molecule has 0 aliphatic heterocycles. The van der Waals surface area contributed by atoms with E-state index in [-0.39, 0.29) is 12.5 Å². The monoisotopic (exact) mass is 395 g/mol. The molecule has 3 rings (SSSR count). The third-order valence-corrected chi connectivity index (χ3v) is 4.75. The van der Waals surface area contributed by atoms with Crippen molar-refractivity contribution in [3.63, 3.8) is 0 Å². The summed E-state index contributed by atoms with van der Waals surface area (Å²) in [6.45, 7) is 6.60. The Morgan fingerprint density at radius 2 is 1.79 bits per heavy atom. The van der Waals surface area contributed by atoms with Gasteiger partial charge >= 0.3 is 5.63 Å². The predicted octanol–water partition coefficient (Wildman–Crippen LogP) is 3.85. The molecule has 1 aromatic heterocycles. The van der Waals surface area contributed by atoms with Crippen LogP contribution in [0.15, 0.2) is 51.7 Å². The molecule has 0 aliphatic carbocycles. The Hall–Kier alpha value is -3.28. The van der Waals surface area contributed by atoms with Crippen molar-refractivity contribution in [2.24, 2.45) is 0 Å². The molecule has 152 valence electrons. The summed E-state index contributed by atoms with van der Waals surface area (Å²) >= 11 is 0. The van der Waals surface area contributed by atoms with Crippen LogP contribution in [0.5, 0.6) is 11.5 Å². The minimum atomic E-state index is -0.401. The van der Waals surface area contributed by atoms with Gasteiger partial charge in [0.15, 0.2) is 6.61 Å². The van der Waals surface area contributed by atoms with Crippen LogP contribution in [0.2, 0.25) is 0 Å². The minimum Gasteiger partial charge on any atom is -0.494 e. The van der Waals surface area contributed by atoms with Gasteiger partial charge in [0.05, 0.1) is 6.61 Å². The van der Waals surface area contributed by atoms with Gasteiger partial charge in [0, 0.05) is 30.6 Å². The van der Waals surface area contributed by atoms with Crippen LogP contribution >= 0.6 is 0 Å². The fraction of sp³-hybridized carbons (Fsp3) is 0.304. The summed E-state index contributed by atoms with van der Waals surface area (Å²) in [6, 6.07) is 12.8. The molecule has 0 saturated heterocycles. The Morgan fingerprint density at radius 3 is 2.48 bits per heavy atom. The van der Waals surface area contributed by atoms with Crippen molar-refractivity contribution in [2.45, 2.75) is 27.3 Å². The molecule has 29 heavy (non-hydrogen) atoms. The number of hydrogen-bond acceptors (Lipinski definition) is 5. The third-order valence-electron chi connectivity index (χ3n) is 4.75. The molecule has 6 heteroatoms. The van der Waals surface area contributed by atoms with E-state index in [4.69, 9.17) is 13.9 Å². The highest BCUT2D eigenvalue weighted by Crippen LogP contribution is 2.28. The second-order valence-electron chi connectivity index (χ2n) is 6.93. The van der Waals surface area contributed by atoms with E-state index in [0.717, 1.165) is 22.3 Å². The Morgan fingerprint density at radius 1 is 1.07 bits per heavy atom. The summed E-state index contributed by atoms with van der Waals surface area (Å²) in [5.74, 6) is 1.18. The molecule has 1 amide bonds. The second-order valence-corrected chi connectivity index (χ2v) is 6.93. The maximum absolute atomic E-state index is 12.5. The number of fused-ring (bicyclic) bond motifs is 1. The first-order chi connectivity index (χ1) is 13.9. The molecule has 2 aromatic carbocycles. The van der Waals surface area contributed by atoms with Gasteiger partial charge < -0.3 is 18.8 Å². The molecule has 0 spiro atoms. The fourth-order valence-electron chi connectivity index (χ4n) is 3.13. The SMILES string of the molecule is CCOc1ccc(CN(C)C(=O)COc2ccc3c(C)cc(=O)oc3c2C)cc1. The maximum atomic E-state index is 12.5. The summed E-state index contributed by atoms with van der Waals surface area (Å²) in [5, 5.41) is 0.855. The first kappa shape index (κ1) is 20.5. The summed E-state index contributed by atoms with van der Waals surface area (Å²) < 4.78 is 16.5. The molecule has 0 atom stereocenters. The zero-order valence-electron chi connectivity index (χ0n) is 17.2. The second kappa shape index (κ2) is 8.82. The van der Waals surface area contributed by atoms with Gasteiger partial charge in [-0.2, -0.15) is 0 Å². The Bertz CT molecular complexity index is 1070. The van der Waals surface area contributed by atoms with Crippen molar-refractivity contribution >= 4 is 16.9 Å². The standard InChI is InChI=1S/C23H25NO5/c1-5-27-18-8-6-17(7-9-18)13-24(4)21(25)14-28-20-11-10-19-15(2)12-22(26)29-23(19)16(20)3/h6-12H,5,13-14H2,1-4H3. The molecular formula is C23H25NO5. The van der Waals surface area contributed by atoms with Crippen LogP contribution in [0.3, 0.4) is 0 Å². The van der Waals surface area contributed by atoms with Gasteiger partial charge in [-0.15, -0.1) is 0 Å². The molecular weight excluding hydrogens is 370 g/mol. The van der Waals surface area contributed by atoms with E-state index >= 15 is 0 Å². The number of benzene rings is 2. The van der Waals surface area contributed by atoms with Crippen LogP contribution in [0.4, 0.5) is 0 Å². The minimum absolute atomic E-state index is 0.101. The largest absolute Gasteiger partial charge is 0.494 e. The highest BCUT2D eigenvalue weighted by molar-refractivity contribution is 5.85. The Labute approximate surface area is 169 Å². The van der Waals surface area contributed by atoms with Gasteiger partial charge in [-0.25, -0.2) is 4.79 Å². The zero-order valence-corrected chi connectivity index (χ0v) is 17.2. The molecule has 3 aromatic rings. The Kier molecular flexibility index (Phi) is 6.22. The van der Waals surface area contributed by atoms with Gasteiger partial charge in [-0.1, -0.05) is 12.1 Å². The molecule has 6 nitrogen and oxygen atoms in total. The lowest BCUT2D eigenvalue weighted by Crippen LogP contribution is -2.31. The van der Waals surface area contributed by atoms with Crippen LogP contribution in [0.25, 0.3) is 11.0 Å². The molecule has 1 heterocycles. The number of ether oxygens (including phenoxy) is 2. The molecule has 0 unspecified atom stereocenters. The number of carbonyl (C=O) groups is 1.